The number of carbonyl (C=O) groups is 1. The van der Waals surface area contributed by atoms with Gasteiger partial charge in [-0.25, -0.2) is 0 Å². The predicted molar refractivity (Wildman–Crippen MR) is 93.6 cm³/mol. The Hall–Kier alpha value is -1.57. The zero-order valence-corrected chi connectivity index (χ0v) is 14.3. The quantitative estimate of drug-likeness (QED) is 0.670. The molecule has 2 atom stereocenters. The van der Waals surface area contributed by atoms with Gasteiger partial charge in [0, 0.05) is 1.43 Å². The molecule has 2 unspecified atom stereocenters. The number of hydrogen-bond acceptors (Lipinski definition) is 2. The average molecular weight is 302 g/mol. The Bertz CT molecular complexity index is 531. The Kier molecular flexibility index (Phi) is 5.82. The molecule has 1 aliphatic rings. The van der Waals surface area contributed by atoms with Gasteiger partial charge in [0.2, 0.25) is 0 Å². The van der Waals surface area contributed by atoms with Gasteiger partial charge in [-0.15, -0.1) is 0 Å². The zero-order chi connectivity index (χ0) is 16.1. The van der Waals surface area contributed by atoms with Crippen LogP contribution in [-0.4, -0.2) is 12.6 Å². The van der Waals surface area contributed by atoms with Gasteiger partial charge in [0.15, 0.2) is 0 Å². The van der Waals surface area contributed by atoms with Crippen molar-refractivity contribution in [3.05, 3.63) is 41.5 Å². The number of hydrogen-bond donors (Lipinski definition) is 0. The number of benzene rings is 1. The van der Waals surface area contributed by atoms with Crippen LogP contribution >= 0.6 is 0 Å². The third-order valence-electron chi connectivity index (χ3n) is 4.30. The molecule has 1 aliphatic carbocycles. The van der Waals surface area contributed by atoms with Crippen molar-refractivity contribution in [3.63, 3.8) is 0 Å². The van der Waals surface area contributed by atoms with E-state index in [9.17, 15) is 4.79 Å². The van der Waals surface area contributed by atoms with E-state index in [-0.39, 0.29) is 13.3 Å². The molecule has 0 aliphatic heterocycles. The highest BCUT2D eigenvalue weighted by atomic mass is 16.5. The van der Waals surface area contributed by atoms with E-state index >= 15 is 0 Å². The molecule has 1 aromatic rings. The number of aryl methyl sites for hydroxylation is 1. The summed E-state index contributed by atoms with van der Waals surface area (Å²) in [6, 6.07) is 8.47. The maximum absolute atomic E-state index is 12.6. The molecule has 122 valence electrons. The van der Waals surface area contributed by atoms with E-state index in [1.807, 2.05) is 0 Å². The largest absolute Gasteiger partial charge is 0.465 e. The second-order valence-corrected chi connectivity index (χ2v) is 6.81. The van der Waals surface area contributed by atoms with Gasteiger partial charge in [-0.05, 0) is 42.7 Å². The van der Waals surface area contributed by atoms with E-state index in [2.05, 4.69) is 58.0 Å². The van der Waals surface area contributed by atoms with Crippen LogP contribution in [0.15, 0.2) is 30.3 Å². The molecule has 2 rings (SSSR count). The molecule has 1 aromatic carbocycles. The first-order valence-electron chi connectivity index (χ1n) is 8.46. The van der Waals surface area contributed by atoms with Crippen LogP contribution in [0.2, 0.25) is 0 Å². The van der Waals surface area contributed by atoms with Gasteiger partial charge >= 0.3 is 5.97 Å². The highest BCUT2D eigenvalue weighted by Gasteiger charge is 2.36. The molecular weight excluding hydrogens is 272 g/mol. The number of esters is 1. The third-order valence-corrected chi connectivity index (χ3v) is 4.30. The lowest BCUT2D eigenvalue weighted by molar-refractivity contribution is -0.148. The molecule has 0 saturated heterocycles. The molecule has 22 heavy (non-hydrogen) atoms. The lowest BCUT2D eigenvalue weighted by Gasteiger charge is -2.22. The first-order valence-corrected chi connectivity index (χ1v) is 8.46. The van der Waals surface area contributed by atoms with Crippen LogP contribution in [0.4, 0.5) is 0 Å². The summed E-state index contributed by atoms with van der Waals surface area (Å²) in [6.45, 7) is 8.92. The fraction of sp³-hybridized carbons (Fsp3) is 0.550. The van der Waals surface area contributed by atoms with Crippen LogP contribution in [0.25, 0.3) is 5.57 Å². The predicted octanol–water partition coefficient (Wildman–Crippen LogP) is 5.26. The molecule has 2 nitrogen and oxygen atoms in total. The second kappa shape index (κ2) is 7.62. The van der Waals surface area contributed by atoms with Crippen LogP contribution in [0.1, 0.15) is 52.6 Å². The standard InChI is InChI=1S/C20H28O2.H2/c1-5-6-17-11-12-18(16-9-7-15(4)8-10-16)19(17)20(21)22-13-14(2)3;/h7-10,12,14,17,19H,5-6,11,13H2,1-4H3;1H. The number of rotatable bonds is 6. The first kappa shape index (κ1) is 16.8. The van der Waals surface area contributed by atoms with Gasteiger partial charge in [0.1, 0.15) is 0 Å². The van der Waals surface area contributed by atoms with E-state index in [4.69, 9.17) is 4.74 Å². The summed E-state index contributed by atoms with van der Waals surface area (Å²) in [5.41, 5.74) is 3.56. The van der Waals surface area contributed by atoms with Crippen molar-refractivity contribution in [1.29, 1.82) is 0 Å². The third kappa shape index (κ3) is 4.00. The molecule has 2 heteroatoms. The molecule has 0 aromatic heterocycles. The number of carbonyl (C=O) groups excluding carboxylic acids is 1. The topological polar surface area (TPSA) is 26.3 Å². The Balaban J connectivity index is 0.00000264. The molecule has 0 bridgehead atoms. The van der Waals surface area contributed by atoms with Crippen molar-refractivity contribution in [3.8, 4) is 0 Å². The Labute approximate surface area is 136 Å². The fourth-order valence-electron chi connectivity index (χ4n) is 3.15. The lowest BCUT2D eigenvalue weighted by atomic mass is 9.85. The van der Waals surface area contributed by atoms with Crippen LogP contribution in [0.5, 0.6) is 0 Å². The van der Waals surface area contributed by atoms with Crippen LogP contribution in [0, 0.1) is 24.7 Å². The van der Waals surface area contributed by atoms with Gasteiger partial charge in [0.25, 0.3) is 0 Å². The summed E-state index contributed by atoms with van der Waals surface area (Å²) in [7, 11) is 0. The zero-order valence-electron chi connectivity index (χ0n) is 14.3. The highest BCUT2D eigenvalue weighted by Crippen LogP contribution is 2.41. The SMILES string of the molecule is CCCC1CC=C(c2ccc(C)cc2)C1C(=O)OCC(C)C.[HH]. The minimum absolute atomic E-state index is 0. The summed E-state index contributed by atoms with van der Waals surface area (Å²) in [6.07, 6.45) is 5.41. The average Bonchev–Trinajstić information content (AvgIpc) is 2.90. The summed E-state index contributed by atoms with van der Waals surface area (Å²) < 4.78 is 5.56. The fourth-order valence-corrected chi connectivity index (χ4v) is 3.15. The lowest BCUT2D eigenvalue weighted by Crippen LogP contribution is -2.25. The monoisotopic (exact) mass is 302 g/mol. The molecule has 0 saturated carbocycles. The van der Waals surface area contributed by atoms with E-state index in [1.54, 1.807) is 0 Å². The van der Waals surface area contributed by atoms with E-state index in [1.165, 1.54) is 5.56 Å². The molecule has 0 heterocycles. The van der Waals surface area contributed by atoms with Crippen molar-refractivity contribution < 1.29 is 11.0 Å². The molecule has 0 spiro atoms. The van der Waals surface area contributed by atoms with Gasteiger partial charge in [-0.3, -0.25) is 4.79 Å². The Morgan fingerprint density at radius 1 is 1.32 bits per heavy atom. The van der Waals surface area contributed by atoms with E-state index in [0.29, 0.717) is 18.4 Å². The molecule has 0 amide bonds. The minimum Gasteiger partial charge on any atom is -0.465 e. The van der Waals surface area contributed by atoms with E-state index in [0.717, 1.165) is 30.4 Å². The van der Waals surface area contributed by atoms with Crippen molar-refractivity contribution in [2.45, 2.75) is 47.0 Å². The number of allylic oxidation sites excluding steroid dienone is 1. The summed E-state index contributed by atoms with van der Waals surface area (Å²) in [5.74, 6) is 0.626. The van der Waals surface area contributed by atoms with Crippen LogP contribution < -0.4 is 0 Å². The maximum atomic E-state index is 12.6. The van der Waals surface area contributed by atoms with Gasteiger partial charge in [0.05, 0.1) is 12.5 Å². The second-order valence-electron chi connectivity index (χ2n) is 6.81. The van der Waals surface area contributed by atoms with Crippen molar-refractivity contribution in [2.24, 2.45) is 17.8 Å². The maximum Gasteiger partial charge on any atom is 0.313 e. The molecular formula is C20H30O2. The minimum atomic E-state index is -0.0959. The highest BCUT2D eigenvalue weighted by molar-refractivity contribution is 5.90. The van der Waals surface area contributed by atoms with Gasteiger partial charge < -0.3 is 4.74 Å². The van der Waals surface area contributed by atoms with Crippen LogP contribution in [0.3, 0.4) is 0 Å². The van der Waals surface area contributed by atoms with Crippen molar-refractivity contribution in [2.75, 3.05) is 6.61 Å². The van der Waals surface area contributed by atoms with Gasteiger partial charge in [-0.2, -0.15) is 0 Å². The number of ether oxygens (including phenoxy) is 1. The smallest absolute Gasteiger partial charge is 0.313 e. The van der Waals surface area contributed by atoms with Crippen molar-refractivity contribution >= 4 is 11.5 Å². The van der Waals surface area contributed by atoms with E-state index < -0.39 is 0 Å². The molecule has 0 fully saturated rings. The van der Waals surface area contributed by atoms with Crippen LogP contribution in [-0.2, 0) is 9.53 Å². The molecule has 0 radical (unpaired) electrons. The van der Waals surface area contributed by atoms with Gasteiger partial charge in [-0.1, -0.05) is 63.1 Å². The summed E-state index contributed by atoms with van der Waals surface area (Å²) in [5, 5.41) is 0. The molecule has 0 N–H and O–H groups in total. The Morgan fingerprint density at radius 3 is 2.59 bits per heavy atom. The van der Waals surface area contributed by atoms with Crippen molar-refractivity contribution in [1.82, 2.24) is 0 Å². The normalized spacial score (nSPS) is 21.0. The summed E-state index contributed by atoms with van der Waals surface area (Å²) in [4.78, 5) is 12.6. The Morgan fingerprint density at radius 2 is 2.00 bits per heavy atom. The summed E-state index contributed by atoms with van der Waals surface area (Å²) >= 11 is 0. The first-order chi connectivity index (χ1) is 10.5.